The van der Waals surface area contributed by atoms with Gasteiger partial charge < -0.3 is 5.32 Å². The van der Waals surface area contributed by atoms with E-state index in [0.717, 1.165) is 24.0 Å². The van der Waals surface area contributed by atoms with Crippen LogP contribution in [0.3, 0.4) is 0 Å². The van der Waals surface area contributed by atoms with E-state index in [4.69, 9.17) is 0 Å². The smallest absolute Gasteiger partial charge is 0.125 e. The maximum Gasteiger partial charge on any atom is 0.125 e. The highest BCUT2D eigenvalue weighted by molar-refractivity contribution is 8.00. The molecule has 0 bridgehead atoms. The first-order valence-electron chi connectivity index (χ1n) is 6.61. The number of hydrogen-bond acceptors (Lipinski definition) is 3. The van der Waals surface area contributed by atoms with Crippen LogP contribution < -0.4 is 5.32 Å². The van der Waals surface area contributed by atoms with Crippen LogP contribution in [-0.2, 0) is 0 Å². The summed E-state index contributed by atoms with van der Waals surface area (Å²) in [6.45, 7) is 6.53. The van der Waals surface area contributed by atoms with Crippen LogP contribution in [0.15, 0.2) is 24.3 Å². The number of hydrogen-bond donors (Lipinski definition) is 1. The summed E-state index contributed by atoms with van der Waals surface area (Å²) in [4.78, 5) is 2.50. The van der Waals surface area contributed by atoms with Crippen molar-refractivity contribution in [1.29, 1.82) is 0 Å². The van der Waals surface area contributed by atoms with Crippen LogP contribution in [0.1, 0.15) is 13.3 Å². The van der Waals surface area contributed by atoms with Gasteiger partial charge in [-0.1, -0.05) is 13.0 Å². The molecule has 1 aliphatic heterocycles. The minimum atomic E-state index is -0.180. The molecule has 0 spiro atoms. The van der Waals surface area contributed by atoms with Crippen molar-refractivity contribution in [3.63, 3.8) is 0 Å². The number of halogens is 1. The number of benzene rings is 1. The van der Waals surface area contributed by atoms with Gasteiger partial charge >= 0.3 is 0 Å². The summed E-state index contributed by atoms with van der Waals surface area (Å²) in [7, 11) is 0. The SMILES string of the molecule is CCC1CN(CCNc2cccc(F)c2)CCS1. The summed E-state index contributed by atoms with van der Waals surface area (Å²) in [6.07, 6.45) is 1.25. The lowest BCUT2D eigenvalue weighted by Crippen LogP contribution is -2.40. The maximum absolute atomic E-state index is 13.0. The number of nitrogens with zero attached hydrogens (tertiary/aromatic N) is 1. The minimum absolute atomic E-state index is 0.180. The highest BCUT2D eigenvalue weighted by Crippen LogP contribution is 2.20. The lowest BCUT2D eigenvalue weighted by atomic mass is 10.3. The van der Waals surface area contributed by atoms with Crippen molar-refractivity contribution in [1.82, 2.24) is 4.90 Å². The van der Waals surface area contributed by atoms with Crippen LogP contribution in [-0.4, -0.2) is 42.1 Å². The summed E-state index contributed by atoms with van der Waals surface area (Å²) in [5.74, 6) is 1.05. The summed E-state index contributed by atoms with van der Waals surface area (Å²) < 4.78 is 13.0. The second-order valence-electron chi connectivity index (χ2n) is 4.64. The molecule has 0 amide bonds. The average molecular weight is 268 g/mol. The molecule has 0 aliphatic carbocycles. The number of thioether (sulfide) groups is 1. The average Bonchev–Trinajstić information content (AvgIpc) is 2.39. The number of nitrogens with one attached hydrogen (secondary N) is 1. The molecule has 1 atom stereocenters. The Morgan fingerprint density at radius 3 is 3.17 bits per heavy atom. The van der Waals surface area contributed by atoms with Gasteiger partial charge in [0.1, 0.15) is 5.82 Å². The molecule has 1 fully saturated rings. The van der Waals surface area contributed by atoms with Crippen LogP contribution in [0, 0.1) is 5.82 Å². The molecule has 1 unspecified atom stereocenters. The molecule has 0 saturated carbocycles. The Morgan fingerprint density at radius 1 is 1.50 bits per heavy atom. The van der Waals surface area contributed by atoms with Gasteiger partial charge in [0.2, 0.25) is 0 Å². The molecule has 2 rings (SSSR count). The summed E-state index contributed by atoms with van der Waals surface area (Å²) in [5, 5.41) is 4.06. The molecule has 2 nitrogen and oxygen atoms in total. The maximum atomic E-state index is 13.0. The molecule has 18 heavy (non-hydrogen) atoms. The third-order valence-corrected chi connectivity index (χ3v) is 4.63. The van der Waals surface area contributed by atoms with E-state index in [1.165, 1.54) is 31.3 Å². The summed E-state index contributed by atoms with van der Waals surface area (Å²) in [5.41, 5.74) is 0.869. The molecule has 0 radical (unpaired) electrons. The van der Waals surface area contributed by atoms with Crippen LogP contribution in [0.5, 0.6) is 0 Å². The second-order valence-corrected chi connectivity index (χ2v) is 6.05. The first-order valence-corrected chi connectivity index (χ1v) is 7.66. The van der Waals surface area contributed by atoms with Crippen LogP contribution in [0.25, 0.3) is 0 Å². The van der Waals surface area contributed by atoms with E-state index in [2.05, 4.69) is 28.9 Å². The van der Waals surface area contributed by atoms with Gasteiger partial charge in [-0.25, -0.2) is 4.39 Å². The zero-order chi connectivity index (χ0) is 12.8. The van der Waals surface area contributed by atoms with Gasteiger partial charge in [-0.05, 0) is 24.6 Å². The first kappa shape index (κ1) is 13.7. The van der Waals surface area contributed by atoms with E-state index in [-0.39, 0.29) is 5.82 Å². The molecule has 0 aromatic heterocycles. The van der Waals surface area contributed by atoms with Crippen molar-refractivity contribution in [3.8, 4) is 0 Å². The van der Waals surface area contributed by atoms with E-state index in [1.807, 2.05) is 6.07 Å². The van der Waals surface area contributed by atoms with Gasteiger partial charge in [-0.15, -0.1) is 0 Å². The molecule has 1 N–H and O–H groups in total. The third kappa shape index (κ3) is 4.18. The van der Waals surface area contributed by atoms with Crippen LogP contribution >= 0.6 is 11.8 Å². The quantitative estimate of drug-likeness (QED) is 0.883. The second kappa shape index (κ2) is 7.00. The third-order valence-electron chi connectivity index (χ3n) is 3.26. The lowest BCUT2D eigenvalue weighted by Gasteiger charge is -2.31. The van der Waals surface area contributed by atoms with Gasteiger partial charge in [0.05, 0.1) is 0 Å². The largest absolute Gasteiger partial charge is 0.384 e. The van der Waals surface area contributed by atoms with Gasteiger partial charge in [0, 0.05) is 42.9 Å². The first-order chi connectivity index (χ1) is 8.78. The van der Waals surface area contributed by atoms with Crippen molar-refractivity contribution < 1.29 is 4.39 Å². The Kier molecular flexibility index (Phi) is 5.32. The molecule has 1 aromatic carbocycles. The fourth-order valence-electron chi connectivity index (χ4n) is 2.19. The topological polar surface area (TPSA) is 15.3 Å². The predicted molar refractivity (Wildman–Crippen MR) is 77.9 cm³/mol. The van der Waals surface area contributed by atoms with Crippen molar-refractivity contribution in [2.75, 3.05) is 37.2 Å². The Morgan fingerprint density at radius 2 is 2.39 bits per heavy atom. The standard InChI is InChI=1S/C14H21FN2S/c1-2-14-11-17(8-9-18-14)7-6-16-13-5-3-4-12(15)10-13/h3-5,10,14,16H,2,6-9,11H2,1H3. The molecule has 1 aromatic rings. The Bertz CT molecular complexity index is 373. The van der Waals surface area contributed by atoms with Crippen molar-refractivity contribution in [2.24, 2.45) is 0 Å². The number of anilines is 1. The van der Waals surface area contributed by atoms with Crippen molar-refractivity contribution in [3.05, 3.63) is 30.1 Å². The Hall–Kier alpha value is -0.740. The van der Waals surface area contributed by atoms with Gasteiger partial charge in [-0.2, -0.15) is 11.8 Å². The summed E-state index contributed by atoms with van der Waals surface area (Å²) >= 11 is 2.09. The van der Waals surface area contributed by atoms with Gasteiger partial charge in [0.15, 0.2) is 0 Å². The minimum Gasteiger partial charge on any atom is -0.384 e. The fourth-order valence-corrected chi connectivity index (χ4v) is 3.44. The van der Waals surface area contributed by atoms with Crippen molar-refractivity contribution >= 4 is 17.4 Å². The van der Waals surface area contributed by atoms with Crippen molar-refractivity contribution in [2.45, 2.75) is 18.6 Å². The zero-order valence-electron chi connectivity index (χ0n) is 10.9. The van der Waals surface area contributed by atoms with E-state index < -0.39 is 0 Å². The highest BCUT2D eigenvalue weighted by atomic mass is 32.2. The Balaban J connectivity index is 1.72. The molecular formula is C14H21FN2S. The van der Waals surface area contributed by atoms with Crippen LogP contribution in [0.2, 0.25) is 0 Å². The molecule has 4 heteroatoms. The normalized spacial score (nSPS) is 20.9. The Labute approximate surface area is 113 Å². The molecule has 1 aliphatic rings. The highest BCUT2D eigenvalue weighted by Gasteiger charge is 2.17. The van der Waals surface area contributed by atoms with E-state index >= 15 is 0 Å². The predicted octanol–water partition coefficient (Wildman–Crippen LogP) is 3.07. The summed E-state index contributed by atoms with van der Waals surface area (Å²) in [6, 6.07) is 6.66. The van der Waals surface area contributed by atoms with E-state index in [0.29, 0.717) is 0 Å². The molecular weight excluding hydrogens is 247 g/mol. The molecule has 1 saturated heterocycles. The molecule has 100 valence electrons. The lowest BCUT2D eigenvalue weighted by molar-refractivity contribution is 0.292. The zero-order valence-corrected chi connectivity index (χ0v) is 11.7. The van der Waals surface area contributed by atoms with Crippen LogP contribution in [0.4, 0.5) is 10.1 Å². The van der Waals surface area contributed by atoms with Gasteiger partial charge in [0.25, 0.3) is 0 Å². The van der Waals surface area contributed by atoms with Gasteiger partial charge in [-0.3, -0.25) is 4.90 Å². The monoisotopic (exact) mass is 268 g/mol. The van der Waals surface area contributed by atoms with E-state index in [9.17, 15) is 4.39 Å². The fraction of sp³-hybridized carbons (Fsp3) is 0.571. The van der Waals surface area contributed by atoms with E-state index in [1.54, 1.807) is 12.1 Å². The molecule has 1 heterocycles. The number of rotatable bonds is 5.